The number of ether oxygens (including phenoxy) is 5. The monoisotopic (exact) mass is 456 g/mol. The normalized spacial score (nSPS) is 10.9. The Hall–Kier alpha value is -1.86. The summed E-state index contributed by atoms with van der Waals surface area (Å²) in [6, 6.07) is 8.99. The van der Waals surface area contributed by atoms with Crippen molar-refractivity contribution < 1.29 is 28.5 Å². The van der Waals surface area contributed by atoms with Crippen LogP contribution < -0.4 is 29.0 Å². The maximum atomic E-state index is 13.3. The topological polar surface area (TPSA) is 63.2 Å². The molecular weight excluding hydrogens is 422 g/mol. The van der Waals surface area contributed by atoms with Crippen molar-refractivity contribution in [2.24, 2.45) is 11.8 Å². The Kier molecular flexibility index (Phi) is 12.0. The van der Waals surface area contributed by atoms with Crippen molar-refractivity contribution in [1.82, 2.24) is 0 Å². The maximum absolute atomic E-state index is 13.3. The van der Waals surface area contributed by atoms with Crippen LogP contribution >= 0.6 is 8.58 Å². The van der Waals surface area contributed by atoms with Crippen molar-refractivity contribution in [3.05, 3.63) is 35.9 Å². The van der Waals surface area contributed by atoms with Crippen molar-refractivity contribution in [3.8, 4) is 28.7 Å². The second kappa shape index (κ2) is 13.6. The average Bonchev–Trinajstić information content (AvgIpc) is 2.75. The van der Waals surface area contributed by atoms with E-state index in [0.717, 1.165) is 11.1 Å². The number of hydrogen-bond donors (Lipinski definition) is 0. The van der Waals surface area contributed by atoms with Crippen LogP contribution in [0.1, 0.15) is 38.1 Å². The fourth-order valence-corrected chi connectivity index (χ4v) is 3.80. The van der Waals surface area contributed by atoms with Gasteiger partial charge in [0.15, 0.2) is 5.52 Å². The number of carbonyl (C=O) groups excluding carboxylic acids is 1. The third-order valence-electron chi connectivity index (χ3n) is 4.30. The molecule has 0 fully saturated rings. The second-order valence-corrected chi connectivity index (χ2v) is 9.17. The van der Waals surface area contributed by atoms with E-state index in [1.807, 2.05) is 18.2 Å². The van der Waals surface area contributed by atoms with E-state index >= 15 is 0 Å². The molecule has 8 heteroatoms. The number of rotatable bonds is 12. The summed E-state index contributed by atoms with van der Waals surface area (Å²) in [5.41, 5.74) is 0.278. The van der Waals surface area contributed by atoms with Crippen LogP contribution in [0, 0.1) is 11.8 Å². The molecule has 0 aliphatic rings. The second-order valence-electron chi connectivity index (χ2n) is 7.93. The van der Waals surface area contributed by atoms with Crippen LogP contribution in [-0.4, -0.2) is 58.9 Å². The molecule has 2 aromatic carbocycles. The van der Waals surface area contributed by atoms with Gasteiger partial charge in [-0.1, -0.05) is 27.7 Å². The average molecular weight is 456 g/mol. The molecule has 0 saturated heterocycles. The van der Waals surface area contributed by atoms with Crippen LogP contribution in [-0.2, 0) is 0 Å². The SMILES string of the molecule is COc1cc(OC)c(C(=O)Pc2ccc(OCC(C)C)cc2OCC(C)C)c(OC)c1.[LiH]. The summed E-state index contributed by atoms with van der Waals surface area (Å²) >= 11 is 0. The molecule has 2 aromatic rings. The number of methoxy groups -OCH3 is 3. The van der Waals surface area contributed by atoms with Crippen molar-refractivity contribution >= 4 is 38.3 Å². The summed E-state index contributed by atoms with van der Waals surface area (Å²) in [4.78, 5) is 13.3. The molecule has 0 saturated carbocycles. The van der Waals surface area contributed by atoms with Gasteiger partial charge < -0.3 is 23.7 Å². The summed E-state index contributed by atoms with van der Waals surface area (Å²) in [7, 11) is 4.42. The summed E-state index contributed by atoms with van der Waals surface area (Å²) in [5.74, 6) is 3.54. The molecule has 32 heavy (non-hydrogen) atoms. The van der Waals surface area contributed by atoms with Crippen LogP contribution in [0.15, 0.2) is 30.3 Å². The minimum absolute atomic E-state index is 0. The predicted molar refractivity (Wildman–Crippen MR) is 133 cm³/mol. The summed E-state index contributed by atoms with van der Waals surface area (Å²) in [6.45, 7) is 9.53. The summed E-state index contributed by atoms with van der Waals surface area (Å²) in [6.07, 6.45) is 0. The Morgan fingerprint density at radius 2 is 1.31 bits per heavy atom. The van der Waals surface area contributed by atoms with E-state index in [2.05, 4.69) is 27.7 Å². The van der Waals surface area contributed by atoms with Gasteiger partial charge in [0.1, 0.15) is 34.3 Å². The van der Waals surface area contributed by atoms with Gasteiger partial charge in [-0.2, -0.15) is 0 Å². The van der Waals surface area contributed by atoms with Crippen molar-refractivity contribution in [1.29, 1.82) is 0 Å². The Bertz CT molecular complexity index is 860. The van der Waals surface area contributed by atoms with E-state index in [9.17, 15) is 4.79 Å². The summed E-state index contributed by atoms with van der Waals surface area (Å²) < 4.78 is 28.0. The first-order valence-corrected chi connectivity index (χ1v) is 11.3. The summed E-state index contributed by atoms with van der Waals surface area (Å²) in [5, 5.41) is 0.808. The van der Waals surface area contributed by atoms with Crippen LogP contribution in [0.3, 0.4) is 0 Å². The molecule has 172 valence electrons. The standard InChI is InChI=1S/C24H33O6P.Li.H/c1-15(2)13-29-17-8-9-22(19(10-17)30-14-16(3)4)31-24(25)23-20(27-6)11-18(26-5)12-21(23)28-7;;/h8-12,15-16,31H,13-14H2,1-7H3;;. The van der Waals surface area contributed by atoms with Gasteiger partial charge in [-0.25, -0.2) is 0 Å². The zero-order valence-electron chi connectivity index (χ0n) is 19.4. The van der Waals surface area contributed by atoms with Gasteiger partial charge in [0.05, 0.1) is 34.5 Å². The molecule has 0 spiro atoms. The molecule has 0 aliphatic heterocycles. The molecular formula is C24H34LiO6P. The third-order valence-corrected chi connectivity index (χ3v) is 5.46. The van der Waals surface area contributed by atoms with E-state index in [1.54, 1.807) is 19.2 Å². The minimum atomic E-state index is -0.172. The molecule has 0 heterocycles. The van der Waals surface area contributed by atoms with Crippen LogP contribution in [0.4, 0.5) is 0 Å². The molecule has 0 N–H and O–H groups in total. The molecule has 0 bridgehead atoms. The third kappa shape index (κ3) is 7.92. The predicted octanol–water partition coefficient (Wildman–Crippen LogP) is 4.28. The van der Waals surface area contributed by atoms with Crippen molar-refractivity contribution in [2.75, 3.05) is 34.5 Å². The number of benzene rings is 2. The quantitative estimate of drug-likeness (QED) is 0.351. The van der Waals surface area contributed by atoms with Gasteiger partial charge in [0, 0.05) is 23.5 Å². The van der Waals surface area contributed by atoms with Gasteiger partial charge in [-0.15, -0.1) is 0 Å². The van der Waals surface area contributed by atoms with E-state index in [-0.39, 0.29) is 33.0 Å². The van der Waals surface area contributed by atoms with Gasteiger partial charge in [-0.05, 0) is 32.5 Å². The zero-order valence-corrected chi connectivity index (χ0v) is 20.4. The van der Waals surface area contributed by atoms with E-state index in [0.29, 0.717) is 53.6 Å². The molecule has 1 unspecified atom stereocenters. The fourth-order valence-electron chi connectivity index (χ4n) is 2.75. The molecule has 2 rings (SSSR count). The fraction of sp³-hybridized carbons (Fsp3) is 0.458. The zero-order chi connectivity index (χ0) is 23.0. The first kappa shape index (κ1) is 28.2. The molecule has 0 radical (unpaired) electrons. The van der Waals surface area contributed by atoms with Crippen LogP contribution in [0.25, 0.3) is 0 Å². The molecule has 0 aromatic heterocycles. The Balaban J connectivity index is 0.00000512. The van der Waals surface area contributed by atoms with Crippen LogP contribution in [0.2, 0.25) is 0 Å². The van der Waals surface area contributed by atoms with Gasteiger partial charge in [-0.3, -0.25) is 4.79 Å². The Morgan fingerprint density at radius 1 is 0.781 bits per heavy atom. The van der Waals surface area contributed by atoms with Gasteiger partial charge in [0.25, 0.3) is 0 Å². The molecule has 0 aliphatic carbocycles. The van der Waals surface area contributed by atoms with E-state index in [4.69, 9.17) is 23.7 Å². The first-order valence-electron chi connectivity index (χ1n) is 10.3. The van der Waals surface area contributed by atoms with Crippen molar-refractivity contribution in [3.63, 3.8) is 0 Å². The Labute approximate surface area is 205 Å². The molecule has 1 atom stereocenters. The van der Waals surface area contributed by atoms with Crippen LogP contribution in [0.5, 0.6) is 28.7 Å². The van der Waals surface area contributed by atoms with Crippen molar-refractivity contribution in [2.45, 2.75) is 27.7 Å². The molecule has 6 nitrogen and oxygen atoms in total. The Morgan fingerprint density at radius 3 is 1.81 bits per heavy atom. The molecule has 0 amide bonds. The van der Waals surface area contributed by atoms with E-state index in [1.165, 1.54) is 14.2 Å². The first-order chi connectivity index (χ1) is 14.8. The number of carbonyl (C=O) groups is 1. The van der Waals surface area contributed by atoms with Gasteiger partial charge >= 0.3 is 18.9 Å². The number of hydrogen-bond acceptors (Lipinski definition) is 6. The van der Waals surface area contributed by atoms with E-state index < -0.39 is 0 Å². The van der Waals surface area contributed by atoms with Gasteiger partial charge in [0.2, 0.25) is 0 Å².